The summed E-state index contributed by atoms with van der Waals surface area (Å²) in [5, 5.41) is 1.06. The highest BCUT2D eigenvalue weighted by Gasteiger charge is 2.11. The number of aromatic nitrogens is 2. The van der Waals surface area contributed by atoms with Gasteiger partial charge in [-0.05, 0) is 24.6 Å². The molecule has 0 unspecified atom stereocenters. The van der Waals surface area contributed by atoms with Gasteiger partial charge in [0.1, 0.15) is 5.65 Å². The first-order valence-corrected chi connectivity index (χ1v) is 7.00. The van der Waals surface area contributed by atoms with Gasteiger partial charge in [0.2, 0.25) is 0 Å². The van der Waals surface area contributed by atoms with E-state index in [1.165, 1.54) is 11.1 Å². The summed E-state index contributed by atoms with van der Waals surface area (Å²) in [4.78, 5) is 4.48. The van der Waals surface area contributed by atoms with E-state index in [2.05, 4.69) is 46.8 Å². The van der Waals surface area contributed by atoms with Crippen LogP contribution in [0.2, 0.25) is 0 Å². The lowest BCUT2D eigenvalue weighted by Crippen LogP contribution is -2.06. The molecule has 0 aliphatic carbocycles. The Hall–Kier alpha value is -2.33. The summed E-state index contributed by atoms with van der Waals surface area (Å²) in [6.45, 7) is 3.50. The first-order valence-electron chi connectivity index (χ1n) is 7.00. The van der Waals surface area contributed by atoms with Crippen LogP contribution in [0.4, 0.5) is 5.69 Å². The van der Waals surface area contributed by atoms with Crippen LogP contribution in [0.15, 0.2) is 42.6 Å². The number of hydrogen-bond donors (Lipinski definition) is 1. The van der Waals surface area contributed by atoms with Crippen LogP contribution in [0, 0.1) is 6.92 Å². The van der Waals surface area contributed by atoms with Gasteiger partial charge in [0, 0.05) is 19.0 Å². The molecular weight excluding hydrogens is 262 g/mol. The monoisotopic (exact) mass is 281 g/mol. The fourth-order valence-electron chi connectivity index (χ4n) is 2.54. The number of fused-ring (bicyclic) bond motifs is 1. The van der Waals surface area contributed by atoms with E-state index in [4.69, 9.17) is 10.5 Å². The number of rotatable bonds is 4. The van der Waals surface area contributed by atoms with E-state index in [-0.39, 0.29) is 0 Å². The molecule has 2 N–H and O–H groups in total. The maximum absolute atomic E-state index is 5.85. The van der Waals surface area contributed by atoms with Crippen molar-refractivity contribution in [2.45, 2.75) is 13.5 Å². The molecule has 0 aliphatic heterocycles. The van der Waals surface area contributed by atoms with Crippen molar-refractivity contribution < 1.29 is 4.74 Å². The minimum absolute atomic E-state index is 0.648. The van der Waals surface area contributed by atoms with Crippen molar-refractivity contribution in [2.24, 2.45) is 0 Å². The molecule has 0 radical (unpaired) electrons. The summed E-state index contributed by atoms with van der Waals surface area (Å²) in [5.41, 5.74) is 11.0. The standard InChI is InChI=1S/C17H19N3O/c1-12-3-5-13(6-4-12)16-10-14-9-15(18)11-19-17(14)20(16)7-8-21-2/h3-6,9-11H,7-8,18H2,1-2H3. The highest BCUT2D eigenvalue weighted by atomic mass is 16.5. The Morgan fingerprint density at radius 3 is 2.67 bits per heavy atom. The van der Waals surface area contributed by atoms with Gasteiger partial charge in [0.25, 0.3) is 0 Å². The Kier molecular flexibility index (Phi) is 3.62. The molecule has 21 heavy (non-hydrogen) atoms. The van der Waals surface area contributed by atoms with Gasteiger partial charge in [0.05, 0.1) is 24.2 Å². The summed E-state index contributed by atoms with van der Waals surface area (Å²) in [6, 6.07) is 12.6. The number of pyridine rings is 1. The van der Waals surface area contributed by atoms with Crippen molar-refractivity contribution >= 4 is 16.7 Å². The van der Waals surface area contributed by atoms with Crippen molar-refractivity contribution in [2.75, 3.05) is 19.5 Å². The SMILES string of the molecule is COCCn1c(-c2ccc(C)cc2)cc2cc(N)cnc21. The lowest BCUT2D eigenvalue weighted by atomic mass is 10.1. The number of hydrogen-bond acceptors (Lipinski definition) is 3. The highest BCUT2D eigenvalue weighted by molar-refractivity contribution is 5.86. The number of benzene rings is 1. The number of methoxy groups -OCH3 is 1. The molecule has 0 saturated heterocycles. The number of ether oxygens (including phenoxy) is 1. The smallest absolute Gasteiger partial charge is 0.140 e. The molecule has 0 atom stereocenters. The number of nitrogens with two attached hydrogens (primary N) is 1. The second-order valence-corrected chi connectivity index (χ2v) is 5.22. The van der Waals surface area contributed by atoms with Crippen LogP contribution in [0.25, 0.3) is 22.3 Å². The minimum atomic E-state index is 0.648. The molecule has 1 aromatic carbocycles. The molecular formula is C17H19N3O. The number of nitrogens with zero attached hydrogens (tertiary/aromatic N) is 2. The van der Waals surface area contributed by atoms with Crippen LogP contribution in [0.3, 0.4) is 0 Å². The van der Waals surface area contributed by atoms with Crippen molar-refractivity contribution in [1.29, 1.82) is 0 Å². The van der Waals surface area contributed by atoms with Gasteiger partial charge in [-0.1, -0.05) is 29.8 Å². The van der Waals surface area contributed by atoms with E-state index in [0.717, 1.165) is 23.3 Å². The van der Waals surface area contributed by atoms with Crippen molar-refractivity contribution in [3.63, 3.8) is 0 Å². The topological polar surface area (TPSA) is 53.1 Å². The lowest BCUT2D eigenvalue weighted by molar-refractivity contribution is 0.188. The Morgan fingerprint density at radius 1 is 1.19 bits per heavy atom. The summed E-state index contributed by atoms with van der Waals surface area (Å²) >= 11 is 0. The molecule has 0 aliphatic rings. The molecule has 2 heterocycles. The first kappa shape index (κ1) is 13.6. The van der Waals surface area contributed by atoms with Crippen LogP contribution in [0.5, 0.6) is 0 Å². The van der Waals surface area contributed by atoms with Gasteiger partial charge < -0.3 is 15.0 Å². The average molecular weight is 281 g/mol. The Morgan fingerprint density at radius 2 is 1.95 bits per heavy atom. The molecule has 2 aromatic heterocycles. The normalized spacial score (nSPS) is 11.1. The first-order chi connectivity index (χ1) is 10.2. The Bertz CT molecular complexity index is 760. The van der Waals surface area contributed by atoms with E-state index in [1.807, 2.05) is 6.07 Å². The van der Waals surface area contributed by atoms with Gasteiger partial charge in [-0.2, -0.15) is 0 Å². The molecule has 3 aromatic rings. The summed E-state index contributed by atoms with van der Waals surface area (Å²) in [7, 11) is 1.71. The molecule has 0 saturated carbocycles. The van der Waals surface area contributed by atoms with E-state index < -0.39 is 0 Å². The highest BCUT2D eigenvalue weighted by Crippen LogP contribution is 2.28. The third-order valence-corrected chi connectivity index (χ3v) is 3.62. The minimum Gasteiger partial charge on any atom is -0.397 e. The molecule has 3 rings (SSSR count). The summed E-state index contributed by atoms with van der Waals surface area (Å²) in [6.07, 6.45) is 1.70. The predicted octanol–water partition coefficient (Wildman–Crippen LogP) is 3.24. The van der Waals surface area contributed by atoms with Crippen molar-refractivity contribution in [1.82, 2.24) is 9.55 Å². The maximum Gasteiger partial charge on any atom is 0.140 e. The fourth-order valence-corrected chi connectivity index (χ4v) is 2.54. The summed E-state index contributed by atoms with van der Waals surface area (Å²) < 4.78 is 7.41. The van der Waals surface area contributed by atoms with E-state index in [1.54, 1.807) is 13.3 Å². The van der Waals surface area contributed by atoms with Gasteiger partial charge in [0.15, 0.2) is 0 Å². The van der Waals surface area contributed by atoms with Gasteiger partial charge in [-0.25, -0.2) is 4.98 Å². The molecule has 108 valence electrons. The fraction of sp³-hybridized carbons (Fsp3) is 0.235. The zero-order valence-electron chi connectivity index (χ0n) is 12.3. The molecule has 0 amide bonds. The lowest BCUT2D eigenvalue weighted by Gasteiger charge is -2.10. The molecule has 4 heteroatoms. The zero-order chi connectivity index (χ0) is 14.8. The van der Waals surface area contributed by atoms with Crippen LogP contribution >= 0.6 is 0 Å². The van der Waals surface area contributed by atoms with Crippen LogP contribution in [0.1, 0.15) is 5.56 Å². The maximum atomic E-state index is 5.85. The van der Waals surface area contributed by atoms with Crippen LogP contribution in [-0.2, 0) is 11.3 Å². The van der Waals surface area contributed by atoms with Crippen LogP contribution in [-0.4, -0.2) is 23.3 Å². The van der Waals surface area contributed by atoms with Crippen LogP contribution < -0.4 is 5.73 Å². The van der Waals surface area contributed by atoms with E-state index in [9.17, 15) is 0 Å². The summed E-state index contributed by atoms with van der Waals surface area (Å²) in [5.74, 6) is 0. The van der Waals surface area contributed by atoms with Crippen molar-refractivity contribution in [3.05, 3.63) is 48.2 Å². The largest absolute Gasteiger partial charge is 0.397 e. The number of nitrogen functional groups attached to an aromatic ring is 1. The second kappa shape index (κ2) is 5.58. The Balaban J connectivity index is 2.17. The van der Waals surface area contributed by atoms with Gasteiger partial charge >= 0.3 is 0 Å². The third kappa shape index (κ3) is 2.62. The van der Waals surface area contributed by atoms with Crippen molar-refractivity contribution in [3.8, 4) is 11.3 Å². The van der Waals surface area contributed by atoms with E-state index >= 15 is 0 Å². The molecule has 4 nitrogen and oxygen atoms in total. The zero-order valence-corrected chi connectivity index (χ0v) is 12.3. The average Bonchev–Trinajstić information content (AvgIpc) is 2.83. The second-order valence-electron chi connectivity index (χ2n) is 5.22. The molecule has 0 bridgehead atoms. The van der Waals surface area contributed by atoms with Gasteiger partial charge in [-0.15, -0.1) is 0 Å². The Labute approximate surface area is 124 Å². The van der Waals surface area contributed by atoms with E-state index in [0.29, 0.717) is 12.3 Å². The number of anilines is 1. The molecule has 0 spiro atoms. The number of aryl methyl sites for hydroxylation is 1. The quantitative estimate of drug-likeness (QED) is 0.798. The predicted molar refractivity (Wildman–Crippen MR) is 86.2 cm³/mol. The molecule has 0 fully saturated rings. The third-order valence-electron chi connectivity index (χ3n) is 3.62. The van der Waals surface area contributed by atoms with Gasteiger partial charge in [-0.3, -0.25) is 0 Å².